The van der Waals surface area contributed by atoms with Gasteiger partial charge in [0.1, 0.15) is 0 Å². The normalized spacial score (nSPS) is 13.5. The van der Waals surface area contributed by atoms with Crippen LogP contribution in [0, 0.1) is 0 Å². The van der Waals surface area contributed by atoms with E-state index in [1.807, 2.05) is 0 Å². The Morgan fingerprint density at radius 3 is 2.59 bits per heavy atom. The molecular weight excluding hydrogens is 273 g/mol. The maximum atomic E-state index is 12.4. The summed E-state index contributed by atoms with van der Waals surface area (Å²) in [5.74, 6) is 0. The third-order valence-electron chi connectivity index (χ3n) is 2.06. The summed E-state index contributed by atoms with van der Waals surface area (Å²) in [5.41, 5.74) is -0.723. The van der Waals surface area contributed by atoms with E-state index in [2.05, 4.69) is 0 Å². The molecule has 0 N–H and O–H groups in total. The van der Waals surface area contributed by atoms with Crippen LogP contribution in [0.15, 0.2) is 29.2 Å². The molecule has 0 bridgehead atoms. The first-order valence-electron chi connectivity index (χ1n) is 4.88. The Hall–Kier alpha value is -0.680. The second kappa shape index (κ2) is 5.78. The minimum atomic E-state index is -4.37. The Morgan fingerprint density at radius 2 is 2.12 bits per heavy atom. The van der Waals surface area contributed by atoms with Crippen molar-refractivity contribution in [3.8, 4) is 0 Å². The third-order valence-corrected chi connectivity index (χ3v) is 3.81. The molecule has 0 saturated heterocycles. The third kappa shape index (κ3) is 4.24. The lowest BCUT2D eigenvalue weighted by atomic mass is 10.2. The van der Waals surface area contributed by atoms with Gasteiger partial charge in [-0.05, 0) is 36.2 Å². The van der Waals surface area contributed by atoms with Gasteiger partial charge in [-0.1, -0.05) is 13.0 Å². The molecule has 0 radical (unpaired) electrons. The van der Waals surface area contributed by atoms with Gasteiger partial charge in [0.25, 0.3) is 0 Å². The number of rotatable bonds is 4. The molecule has 0 aliphatic heterocycles. The van der Waals surface area contributed by atoms with Crippen LogP contribution in [0.1, 0.15) is 18.9 Å². The maximum Gasteiger partial charge on any atom is 0.416 e. The summed E-state index contributed by atoms with van der Waals surface area (Å²) < 4.78 is 37.3. The van der Waals surface area contributed by atoms with Gasteiger partial charge in [-0.2, -0.15) is 13.2 Å². The van der Waals surface area contributed by atoms with Gasteiger partial charge in [-0.15, -0.1) is 11.8 Å². The van der Waals surface area contributed by atoms with Crippen molar-refractivity contribution in [1.29, 1.82) is 0 Å². The van der Waals surface area contributed by atoms with E-state index < -0.39 is 22.2 Å². The van der Waals surface area contributed by atoms with Gasteiger partial charge in [-0.3, -0.25) is 4.79 Å². The minimum absolute atomic E-state index is 0.390. The van der Waals surface area contributed by atoms with E-state index in [0.29, 0.717) is 11.3 Å². The molecule has 0 saturated carbocycles. The largest absolute Gasteiger partial charge is 0.416 e. The van der Waals surface area contributed by atoms with Gasteiger partial charge < -0.3 is 0 Å². The highest BCUT2D eigenvalue weighted by Gasteiger charge is 2.30. The number of thioether (sulfide) groups is 1. The Morgan fingerprint density at radius 1 is 1.47 bits per heavy atom. The second-order valence-electron chi connectivity index (χ2n) is 3.34. The number of alkyl halides is 3. The van der Waals surface area contributed by atoms with Crippen molar-refractivity contribution >= 4 is 28.6 Å². The molecule has 0 aliphatic rings. The zero-order valence-corrected chi connectivity index (χ0v) is 10.5. The highest BCUT2D eigenvalue weighted by molar-refractivity contribution is 8.00. The summed E-state index contributed by atoms with van der Waals surface area (Å²) in [4.78, 5) is 11.4. The fraction of sp³-hybridized carbons (Fsp3) is 0.364. The lowest BCUT2D eigenvalue weighted by Gasteiger charge is -2.11. The number of halogens is 4. The smallest absolute Gasteiger partial charge is 0.280 e. The van der Waals surface area contributed by atoms with Crippen LogP contribution in [0.25, 0.3) is 0 Å². The van der Waals surface area contributed by atoms with Crippen molar-refractivity contribution in [2.45, 2.75) is 29.7 Å². The van der Waals surface area contributed by atoms with E-state index in [9.17, 15) is 18.0 Å². The molecule has 0 spiro atoms. The first-order valence-corrected chi connectivity index (χ1v) is 6.13. The Kier molecular flexibility index (Phi) is 4.89. The van der Waals surface area contributed by atoms with E-state index in [4.69, 9.17) is 11.6 Å². The Labute approximate surface area is 106 Å². The summed E-state index contributed by atoms with van der Waals surface area (Å²) in [6.45, 7) is 1.76. The molecule has 1 atom stereocenters. The number of carbonyl (C=O) groups excluding carboxylic acids is 1. The van der Waals surface area contributed by atoms with Crippen molar-refractivity contribution < 1.29 is 18.0 Å². The van der Waals surface area contributed by atoms with Gasteiger partial charge in [0.2, 0.25) is 5.24 Å². The monoisotopic (exact) mass is 282 g/mol. The van der Waals surface area contributed by atoms with Crippen molar-refractivity contribution in [2.24, 2.45) is 0 Å². The molecule has 1 aromatic rings. The van der Waals surface area contributed by atoms with Crippen molar-refractivity contribution in [2.75, 3.05) is 0 Å². The summed E-state index contributed by atoms with van der Waals surface area (Å²) in [6.07, 6.45) is -3.90. The van der Waals surface area contributed by atoms with E-state index in [0.717, 1.165) is 23.9 Å². The van der Waals surface area contributed by atoms with Crippen molar-refractivity contribution in [1.82, 2.24) is 0 Å². The molecule has 6 heteroatoms. The lowest BCUT2D eigenvalue weighted by Crippen LogP contribution is -2.10. The standard InChI is InChI=1S/C11H10ClF3OS/c1-2-9(10(12)16)17-8-5-3-4-7(6-8)11(13,14)15/h3-6,9H,2H2,1H3. The maximum absolute atomic E-state index is 12.4. The molecule has 0 aromatic heterocycles. The highest BCUT2D eigenvalue weighted by Crippen LogP contribution is 2.33. The van der Waals surface area contributed by atoms with E-state index >= 15 is 0 Å². The second-order valence-corrected chi connectivity index (χ2v) is 4.99. The van der Waals surface area contributed by atoms with Crippen LogP contribution in [-0.4, -0.2) is 10.5 Å². The fourth-order valence-corrected chi connectivity index (χ4v) is 2.43. The summed E-state index contributed by atoms with van der Waals surface area (Å²) >= 11 is 6.39. The van der Waals surface area contributed by atoms with Gasteiger partial charge >= 0.3 is 6.18 Å². The molecule has 0 aliphatic carbocycles. The molecule has 0 heterocycles. The number of carbonyl (C=O) groups is 1. The average Bonchev–Trinajstić information content (AvgIpc) is 2.24. The Balaban J connectivity index is 2.89. The van der Waals surface area contributed by atoms with E-state index in [-0.39, 0.29) is 0 Å². The average molecular weight is 283 g/mol. The summed E-state index contributed by atoms with van der Waals surface area (Å²) in [6, 6.07) is 4.86. The molecule has 1 nitrogen and oxygen atoms in total. The number of hydrogen-bond donors (Lipinski definition) is 0. The Bertz CT molecular complexity index is 406. The summed E-state index contributed by atoms with van der Waals surface area (Å²) in [7, 11) is 0. The zero-order chi connectivity index (χ0) is 13.1. The minimum Gasteiger partial charge on any atom is -0.280 e. The predicted molar refractivity (Wildman–Crippen MR) is 62.2 cm³/mol. The molecular formula is C11H10ClF3OS. The van der Waals surface area contributed by atoms with Gasteiger partial charge in [-0.25, -0.2) is 0 Å². The topological polar surface area (TPSA) is 17.1 Å². The molecule has 0 amide bonds. The highest BCUT2D eigenvalue weighted by atomic mass is 35.5. The van der Waals surface area contributed by atoms with E-state index in [1.54, 1.807) is 6.92 Å². The first-order chi connectivity index (χ1) is 7.84. The van der Waals surface area contributed by atoms with Crippen LogP contribution in [0.4, 0.5) is 13.2 Å². The predicted octanol–water partition coefficient (Wildman–Crippen LogP) is 4.34. The van der Waals surface area contributed by atoms with Crippen LogP contribution in [0.5, 0.6) is 0 Å². The molecule has 1 aromatic carbocycles. The molecule has 1 unspecified atom stereocenters. The van der Waals surface area contributed by atoms with Gasteiger partial charge in [0.05, 0.1) is 10.8 Å². The summed E-state index contributed by atoms with van der Waals surface area (Å²) in [5, 5.41) is -1.06. The SMILES string of the molecule is CCC(Sc1cccc(C(F)(F)F)c1)C(=O)Cl. The van der Waals surface area contributed by atoms with Crippen LogP contribution in [0.3, 0.4) is 0 Å². The van der Waals surface area contributed by atoms with Crippen molar-refractivity contribution in [3.05, 3.63) is 29.8 Å². The van der Waals surface area contributed by atoms with Gasteiger partial charge in [0.15, 0.2) is 0 Å². The van der Waals surface area contributed by atoms with Crippen LogP contribution < -0.4 is 0 Å². The van der Waals surface area contributed by atoms with Gasteiger partial charge in [0, 0.05) is 4.90 Å². The molecule has 94 valence electrons. The number of benzene rings is 1. The molecule has 1 rings (SSSR count). The van der Waals surface area contributed by atoms with Crippen molar-refractivity contribution in [3.63, 3.8) is 0 Å². The number of hydrogen-bond acceptors (Lipinski definition) is 2. The zero-order valence-electron chi connectivity index (χ0n) is 8.92. The lowest BCUT2D eigenvalue weighted by molar-refractivity contribution is -0.137. The molecule has 17 heavy (non-hydrogen) atoms. The van der Waals surface area contributed by atoms with Crippen LogP contribution in [0.2, 0.25) is 0 Å². The quantitative estimate of drug-likeness (QED) is 0.603. The van der Waals surface area contributed by atoms with Crippen LogP contribution >= 0.6 is 23.4 Å². The first kappa shape index (κ1) is 14.4. The van der Waals surface area contributed by atoms with E-state index in [1.165, 1.54) is 12.1 Å². The fourth-order valence-electron chi connectivity index (χ4n) is 1.20. The molecule has 0 fully saturated rings. The van der Waals surface area contributed by atoms with Crippen LogP contribution in [-0.2, 0) is 11.0 Å².